The SMILES string of the molecule is O=C(Nc1nccs1)C(Cc1ccccc1)N1C(=O)C2C3C=CC(C3)C2C1=O. The Hall–Kier alpha value is -2.80. The van der Waals surface area contributed by atoms with Crippen molar-refractivity contribution in [1.29, 1.82) is 0 Å². The highest BCUT2D eigenvalue weighted by Gasteiger charge is 2.61. The van der Waals surface area contributed by atoms with Gasteiger partial charge in [0, 0.05) is 18.0 Å². The van der Waals surface area contributed by atoms with Crippen LogP contribution in [0.15, 0.2) is 54.1 Å². The molecule has 2 heterocycles. The third-order valence-corrected chi connectivity index (χ3v) is 6.74. The smallest absolute Gasteiger partial charge is 0.249 e. The van der Waals surface area contributed by atoms with Crippen molar-refractivity contribution in [3.63, 3.8) is 0 Å². The molecule has 2 bridgehead atoms. The van der Waals surface area contributed by atoms with Gasteiger partial charge in [0.15, 0.2) is 5.13 Å². The third-order valence-electron chi connectivity index (χ3n) is 6.05. The maximum atomic E-state index is 13.2. The second-order valence-electron chi connectivity index (χ2n) is 7.58. The van der Waals surface area contributed by atoms with Crippen molar-refractivity contribution in [2.24, 2.45) is 23.7 Å². The monoisotopic (exact) mass is 393 g/mol. The summed E-state index contributed by atoms with van der Waals surface area (Å²) in [5.41, 5.74) is 0.903. The Morgan fingerprint density at radius 3 is 2.43 bits per heavy atom. The number of nitrogens with one attached hydrogen (secondary N) is 1. The van der Waals surface area contributed by atoms with Gasteiger partial charge in [-0.1, -0.05) is 42.5 Å². The Labute approximate surface area is 166 Å². The van der Waals surface area contributed by atoms with Crippen molar-refractivity contribution in [1.82, 2.24) is 9.88 Å². The van der Waals surface area contributed by atoms with Gasteiger partial charge in [-0.05, 0) is 23.8 Å². The van der Waals surface area contributed by atoms with Crippen LogP contribution in [0.4, 0.5) is 5.13 Å². The van der Waals surface area contributed by atoms with E-state index in [4.69, 9.17) is 0 Å². The van der Waals surface area contributed by atoms with Gasteiger partial charge in [0.25, 0.3) is 0 Å². The molecule has 3 amide bonds. The van der Waals surface area contributed by atoms with E-state index < -0.39 is 6.04 Å². The number of fused-ring (bicyclic) bond motifs is 5. The number of carbonyl (C=O) groups excluding carboxylic acids is 3. The molecule has 1 aromatic carbocycles. The molecule has 3 aliphatic rings. The summed E-state index contributed by atoms with van der Waals surface area (Å²) in [5, 5.41) is 5.00. The van der Waals surface area contributed by atoms with Crippen LogP contribution in [0, 0.1) is 23.7 Å². The third kappa shape index (κ3) is 2.69. The van der Waals surface area contributed by atoms with Gasteiger partial charge in [0.05, 0.1) is 11.8 Å². The van der Waals surface area contributed by atoms with Crippen LogP contribution in [-0.2, 0) is 20.8 Å². The zero-order valence-electron chi connectivity index (χ0n) is 15.0. The van der Waals surface area contributed by atoms with Crippen molar-refractivity contribution in [3.8, 4) is 0 Å². The fourth-order valence-corrected chi connectivity index (χ4v) is 5.38. The molecule has 6 nitrogen and oxygen atoms in total. The van der Waals surface area contributed by atoms with E-state index in [2.05, 4.69) is 22.5 Å². The van der Waals surface area contributed by atoms with Crippen molar-refractivity contribution in [2.75, 3.05) is 5.32 Å². The fourth-order valence-electron chi connectivity index (χ4n) is 4.85. The minimum Gasteiger partial charge on any atom is -0.300 e. The molecule has 28 heavy (non-hydrogen) atoms. The number of carbonyl (C=O) groups is 3. The van der Waals surface area contributed by atoms with Crippen LogP contribution in [-0.4, -0.2) is 33.6 Å². The summed E-state index contributed by atoms with van der Waals surface area (Å²) in [5.74, 6) is -1.17. The molecule has 1 N–H and O–H groups in total. The molecule has 1 saturated carbocycles. The largest absolute Gasteiger partial charge is 0.300 e. The summed E-state index contributed by atoms with van der Waals surface area (Å²) < 4.78 is 0. The summed E-state index contributed by atoms with van der Waals surface area (Å²) in [7, 11) is 0. The van der Waals surface area contributed by atoms with E-state index >= 15 is 0 Å². The molecule has 0 spiro atoms. The molecule has 5 unspecified atom stereocenters. The molecular weight excluding hydrogens is 374 g/mol. The van der Waals surface area contributed by atoms with Crippen molar-refractivity contribution in [3.05, 3.63) is 59.6 Å². The topological polar surface area (TPSA) is 79.4 Å². The maximum Gasteiger partial charge on any atom is 0.249 e. The first-order valence-electron chi connectivity index (χ1n) is 9.43. The fraction of sp³-hybridized carbons (Fsp3) is 0.333. The molecule has 2 aliphatic carbocycles. The summed E-state index contributed by atoms with van der Waals surface area (Å²) >= 11 is 1.31. The molecule has 142 valence electrons. The molecule has 1 aliphatic heterocycles. The molecular formula is C21H19N3O3S. The summed E-state index contributed by atoms with van der Waals surface area (Å²) in [6.07, 6.45) is 6.88. The summed E-state index contributed by atoms with van der Waals surface area (Å²) in [6, 6.07) is 8.60. The molecule has 1 aromatic heterocycles. The lowest BCUT2D eigenvalue weighted by atomic mass is 9.85. The van der Waals surface area contributed by atoms with Crippen LogP contribution in [0.5, 0.6) is 0 Å². The predicted molar refractivity (Wildman–Crippen MR) is 104 cm³/mol. The van der Waals surface area contributed by atoms with Gasteiger partial charge in [0.1, 0.15) is 6.04 Å². The number of anilines is 1. The molecule has 2 fully saturated rings. The highest BCUT2D eigenvalue weighted by atomic mass is 32.1. The normalized spacial score (nSPS) is 28.6. The van der Waals surface area contributed by atoms with Gasteiger partial charge < -0.3 is 5.32 Å². The maximum absolute atomic E-state index is 13.2. The number of imide groups is 1. The first kappa shape index (κ1) is 17.3. The molecule has 0 radical (unpaired) electrons. The highest BCUT2D eigenvalue weighted by Crippen LogP contribution is 2.53. The highest BCUT2D eigenvalue weighted by molar-refractivity contribution is 7.13. The van der Waals surface area contributed by atoms with Crippen LogP contribution >= 0.6 is 11.3 Å². The minimum atomic E-state index is -0.878. The van der Waals surface area contributed by atoms with Crippen LogP contribution in [0.25, 0.3) is 0 Å². The first-order chi connectivity index (χ1) is 13.6. The average Bonchev–Trinajstić information content (AvgIpc) is 3.47. The number of aromatic nitrogens is 1. The molecule has 5 rings (SSSR count). The second-order valence-corrected chi connectivity index (χ2v) is 8.47. The lowest BCUT2D eigenvalue weighted by Gasteiger charge is -2.26. The van der Waals surface area contributed by atoms with E-state index in [0.717, 1.165) is 12.0 Å². The Morgan fingerprint density at radius 2 is 1.82 bits per heavy atom. The minimum absolute atomic E-state index is 0.121. The van der Waals surface area contributed by atoms with Crippen molar-refractivity contribution < 1.29 is 14.4 Å². The standard InChI is InChI=1S/C21H19N3O3S/c25-18(23-21-22-8-9-28-21)15(10-12-4-2-1-3-5-12)24-19(26)16-13-6-7-14(11-13)17(16)20(24)27/h1-9,13-17H,10-11H2,(H,22,23,25). The number of hydrogen-bond acceptors (Lipinski definition) is 5. The Bertz CT molecular complexity index is 927. The van der Waals surface area contributed by atoms with E-state index in [0.29, 0.717) is 5.13 Å². The van der Waals surface area contributed by atoms with Crippen molar-refractivity contribution >= 4 is 34.2 Å². The molecule has 7 heteroatoms. The zero-order chi connectivity index (χ0) is 19.3. The summed E-state index contributed by atoms with van der Waals surface area (Å²) in [4.78, 5) is 44.8. The number of rotatable bonds is 5. The van der Waals surface area contributed by atoms with E-state index in [1.807, 2.05) is 30.3 Å². The number of hydrogen-bond donors (Lipinski definition) is 1. The van der Waals surface area contributed by atoms with Gasteiger partial charge in [-0.3, -0.25) is 19.3 Å². The van der Waals surface area contributed by atoms with E-state index in [1.54, 1.807) is 11.6 Å². The van der Waals surface area contributed by atoms with Crippen molar-refractivity contribution in [2.45, 2.75) is 18.9 Å². The number of nitrogens with zero attached hydrogens (tertiary/aromatic N) is 2. The number of amides is 3. The van der Waals surface area contributed by atoms with E-state index in [-0.39, 0.29) is 47.8 Å². The predicted octanol–water partition coefficient (Wildman–Crippen LogP) is 2.50. The first-order valence-corrected chi connectivity index (χ1v) is 10.3. The summed E-state index contributed by atoms with van der Waals surface area (Å²) in [6.45, 7) is 0. The van der Waals surface area contributed by atoms with Crippen LogP contribution in [0.3, 0.4) is 0 Å². The van der Waals surface area contributed by atoms with Gasteiger partial charge in [-0.15, -0.1) is 11.3 Å². The number of allylic oxidation sites excluding steroid dienone is 2. The van der Waals surface area contributed by atoms with E-state index in [1.165, 1.54) is 16.2 Å². The number of likely N-dealkylation sites (tertiary alicyclic amines) is 1. The quantitative estimate of drug-likeness (QED) is 0.625. The van der Waals surface area contributed by atoms with Gasteiger partial charge in [0.2, 0.25) is 17.7 Å². The van der Waals surface area contributed by atoms with Crippen LogP contribution in [0.1, 0.15) is 12.0 Å². The average molecular weight is 393 g/mol. The van der Waals surface area contributed by atoms with Gasteiger partial charge >= 0.3 is 0 Å². The molecule has 2 aromatic rings. The van der Waals surface area contributed by atoms with Crippen LogP contribution in [0.2, 0.25) is 0 Å². The van der Waals surface area contributed by atoms with Crippen LogP contribution < -0.4 is 5.32 Å². The molecule has 5 atom stereocenters. The second kappa shape index (κ2) is 6.67. The number of thiazole rings is 1. The zero-order valence-corrected chi connectivity index (χ0v) is 15.8. The Kier molecular flexibility index (Phi) is 4.12. The Morgan fingerprint density at radius 1 is 1.14 bits per heavy atom. The number of benzene rings is 1. The lowest BCUT2D eigenvalue weighted by molar-refractivity contribution is -0.147. The van der Waals surface area contributed by atoms with Gasteiger partial charge in [-0.25, -0.2) is 4.98 Å². The Balaban J connectivity index is 1.46. The van der Waals surface area contributed by atoms with E-state index in [9.17, 15) is 14.4 Å². The lowest BCUT2D eigenvalue weighted by Crippen LogP contribution is -2.49. The molecule has 1 saturated heterocycles. The van der Waals surface area contributed by atoms with Gasteiger partial charge in [-0.2, -0.15) is 0 Å².